The number of rotatable bonds is 6. The second-order valence-corrected chi connectivity index (χ2v) is 5.86. The lowest BCUT2D eigenvalue weighted by atomic mass is 10.2. The minimum Gasteiger partial charge on any atom is -0.477 e. The van der Waals surface area contributed by atoms with E-state index in [0.29, 0.717) is 24.0 Å². The molecule has 22 heavy (non-hydrogen) atoms. The number of ether oxygens (including phenoxy) is 1. The van der Waals surface area contributed by atoms with Crippen molar-refractivity contribution in [2.45, 2.75) is 26.3 Å². The van der Waals surface area contributed by atoms with Crippen molar-refractivity contribution >= 4 is 5.91 Å². The molecule has 0 aromatic carbocycles. The number of nitrogens with one attached hydrogen (secondary N) is 1. The van der Waals surface area contributed by atoms with Crippen molar-refractivity contribution in [2.75, 3.05) is 6.61 Å². The van der Waals surface area contributed by atoms with Gasteiger partial charge in [0, 0.05) is 31.5 Å². The smallest absolute Gasteiger partial charge is 0.268 e. The Balaban J connectivity index is 1.57. The first-order chi connectivity index (χ1) is 10.6. The van der Waals surface area contributed by atoms with Crippen molar-refractivity contribution < 1.29 is 9.53 Å². The van der Waals surface area contributed by atoms with Gasteiger partial charge >= 0.3 is 0 Å². The molecule has 1 saturated carbocycles. The van der Waals surface area contributed by atoms with Gasteiger partial charge in [0.05, 0.1) is 6.61 Å². The number of carbonyl (C=O) groups is 1. The molecule has 2 aromatic rings. The van der Waals surface area contributed by atoms with Gasteiger partial charge in [0.2, 0.25) is 5.88 Å². The predicted molar refractivity (Wildman–Crippen MR) is 83.8 cm³/mol. The van der Waals surface area contributed by atoms with Gasteiger partial charge in [-0.15, -0.1) is 0 Å². The van der Waals surface area contributed by atoms with Crippen LogP contribution in [0.15, 0.2) is 30.5 Å². The number of aromatic nitrogens is 2. The summed E-state index contributed by atoms with van der Waals surface area (Å²) >= 11 is 0. The van der Waals surface area contributed by atoms with Gasteiger partial charge < -0.3 is 14.6 Å². The maximum Gasteiger partial charge on any atom is 0.268 e. The number of amides is 1. The van der Waals surface area contributed by atoms with Gasteiger partial charge in [-0.1, -0.05) is 0 Å². The monoisotopic (exact) mass is 299 g/mol. The predicted octanol–water partition coefficient (Wildman–Crippen LogP) is 2.45. The number of nitrogens with zero attached hydrogens (tertiary/aromatic N) is 2. The number of carbonyl (C=O) groups excluding carboxylic acids is 1. The largest absolute Gasteiger partial charge is 0.477 e. The van der Waals surface area contributed by atoms with Crippen LogP contribution in [-0.4, -0.2) is 22.1 Å². The fraction of sp³-hybridized carbons (Fsp3) is 0.412. The standard InChI is InChI=1S/C17H21N3O2/c1-12-3-6-15(20(12)2)17(21)19-10-14-7-8-18-16(9-14)22-11-13-4-5-13/h3,6-9,13H,4-5,10-11H2,1-2H3,(H,19,21). The fourth-order valence-corrected chi connectivity index (χ4v) is 2.24. The Morgan fingerprint density at radius 1 is 1.41 bits per heavy atom. The molecule has 0 aliphatic heterocycles. The van der Waals surface area contributed by atoms with Crippen LogP contribution >= 0.6 is 0 Å². The van der Waals surface area contributed by atoms with Gasteiger partial charge in [-0.2, -0.15) is 0 Å². The first-order valence-electron chi connectivity index (χ1n) is 7.62. The third kappa shape index (κ3) is 3.47. The van der Waals surface area contributed by atoms with Gasteiger partial charge in [0.1, 0.15) is 5.69 Å². The molecule has 0 spiro atoms. The van der Waals surface area contributed by atoms with Gasteiger partial charge in [0.25, 0.3) is 5.91 Å². The molecule has 0 radical (unpaired) electrons. The molecule has 116 valence electrons. The molecule has 5 nitrogen and oxygen atoms in total. The van der Waals surface area contributed by atoms with Crippen LogP contribution in [0.4, 0.5) is 0 Å². The van der Waals surface area contributed by atoms with Crippen molar-refractivity contribution in [1.82, 2.24) is 14.9 Å². The second-order valence-electron chi connectivity index (χ2n) is 5.86. The van der Waals surface area contributed by atoms with E-state index in [1.165, 1.54) is 12.8 Å². The molecule has 2 heterocycles. The molecular weight excluding hydrogens is 278 g/mol. The highest BCUT2D eigenvalue weighted by Crippen LogP contribution is 2.29. The summed E-state index contributed by atoms with van der Waals surface area (Å²) in [5.74, 6) is 1.26. The maximum absolute atomic E-state index is 12.2. The Morgan fingerprint density at radius 2 is 2.23 bits per heavy atom. The van der Waals surface area contributed by atoms with Crippen LogP contribution in [0.1, 0.15) is 34.6 Å². The normalized spacial score (nSPS) is 13.9. The van der Waals surface area contributed by atoms with Gasteiger partial charge in [-0.05, 0) is 49.4 Å². The summed E-state index contributed by atoms with van der Waals surface area (Å²) in [6.45, 7) is 3.18. The summed E-state index contributed by atoms with van der Waals surface area (Å²) in [6.07, 6.45) is 4.23. The van der Waals surface area contributed by atoms with E-state index in [0.717, 1.165) is 17.9 Å². The van der Waals surface area contributed by atoms with Crippen LogP contribution in [0.3, 0.4) is 0 Å². The van der Waals surface area contributed by atoms with Crippen molar-refractivity contribution in [1.29, 1.82) is 0 Å². The van der Waals surface area contributed by atoms with Crippen molar-refractivity contribution in [3.05, 3.63) is 47.4 Å². The summed E-state index contributed by atoms with van der Waals surface area (Å²) in [6, 6.07) is 7.55. The lowest BCUT2D eigenvalue weighted by Crippen LogP contribution is -2.25. The van der Waals surface area contributed by atoms with Crippen molar-refractivity contribution in [3.8, 4) is 5.88 Å². The van der Waals surface area contributed by atoms with E-state index in [9.17, 15) is 4.79 Å². The van der Waals surface area contributed by atoms with Gasteiger partial charge in [0.15, 0.2) is 0 Å². The molecule has 1 amide bonds. The molecule has 1 aliphatic carbocycles. The van der Waals surface area contributed by atoms with Crippen LogP contribution in [-0.2, 0) is 13.6 Å². The molecule has 1 N–H and O–H groups in total. The Labute approximate surface area is 130 Å². The number of hydrogen-bond acceptors (Lipinski definition) is 3. The number of pyridine rings is 1. The average molecular weight is 299 g/mol. The minimum absolute atomic E-state index is 0.0761. The SMILES string of the molecule is Cc1ccc(C(=O)NCc2ccnc(OCC3CC3)c2)n1C. The van der Waals surface area contributed by atoms with Gasteiger partial charge in [-0.25, -0.2) is 4.98 Å². The van der Waals surface area contributed by atoms with E-state index in [1.54, 1.807) is 6.20 Å². The van der Waals surface area contributed by atoms with E-state index in [-0.39, 0.29) is 5.91 Å². The molecular formula is C17H21N3O2. The topological polar surface area (TPSA) is 56.1 Å². The van der Waals surface area contributed by atoms with E-state index < -0.39 is 0 Å². The summed E-state index contributed by atoms with van der Waals surface area (Å²) in [5.41, 5.74) is 2.71. The zero-order valence-electron chi connectivity index (χ0n) is 13.0. The molecule has 2 aromatic heterocycles. The molecule has 0 bridgehead atoms. The Morgan fingerprint density at radius 3 is 2.91 bits per heavy atom. The third-order valence-electron chi connectivity index (χ3n) is 4.02. The highest BCUT2D eigenvalue weighted by Gasteiger charge is 2.22. The molecule has 3 rings (SSSR count). The highest BCUT2D eigenvalue weighted by atomic mass is 16.5. The molecule has 0 saturated heterocycles. The lowest BCUT2D eigenvalue weighted by Gasteiger charge is -2.09. The maximum atomic E-state index is 12.2. The summed E-state index contributed by atoms with van der Waals surface area (Å²) in [4.78, 5) is 16.4. The van der Waals surface area contributed by atoms with Crippen LogP contribution in [0.2, 0.25) is 0 Å². The third-order valence-corrected chi connectivity index (χ3v) is 4.02. The summed E-state index contributed by atoms with van der Waals surface area (Å²) < 4.78 is 7.54. The van der Waals surface area contributed by atoms with E-state index in [2.05, 4.69) is 10.3 Å². The molecule has 1 fully saturated rings. The van der Waals surface area contributed by atoms with E-state index >= 15 is 0 Å². The number of aryl methyl sites for hydroxylation is 1. The first-order valence-corrected chi connectivity index (χ1v) is 7.62. The zero-order chi connectivity index (χ0) is 15.5. The Hall–Kier alpha value is -2.30. The number of hydrogen-bond donors (Lipinski definition) is 1. The Bertz CT molecular complexity index is 674. The summed E-state index contributed by atoms with van der Waals surface area (Å²) in [5, 5.41) is 2.93. The quantitative estimate of drug-likeness (QED) is 0.891. The highest BCUT2D eigenvalue weighted by molar-refractivity contribution is 5.92. The Kier molecular flexibility index (Phi) is 4.13. The molecule has 1 aliphatic rings. The van der Waals surface area contributed by atoms with Crippen LogP contribution in [0.5, 0.6) is 5.88 Å². The van der Waals surface area contributed by atoms with E-state index in [4.69, 9.17) is 4.74 Å². The second kappa shape index (κ2) is 6.22. The van der Waals surface area contributed by atoms with Crippen LogP contribution in [0.25, 0.3) is 0 Å². The fourth-order valence-electron chi connectivity index (χ4n) is 2.24. The van der Waals surface area contributed by atoms with Crippen LogP contribution < -0.4 is 10.1 Å². The zero-order valence-corrected chi connectivity index (χ0v) is 13.0. The first kappa shape index (κ1) is 14.6. The minimum atomic E-state index is -0.0761. The average Bonchev–Trinajstić information content (AvgIpc) is 3.30. The molecule has 0 unspecified atom stereocenters. The summed E-state index contributed by atoms with van der Waals surface area (Å²) in [7, 11) is 1.89. The van der Waals surface area contributed by atoms with Crippen molar-refractivity contribution in [3.63, 3.8) is 0 Å². The van der Waals surface area contributed by atoms with Crippen molar-refractivity contribution in [2.24, 2.45) is 13.0 Å². The molecule has 5 heteroatoms. The van der Waals surface area contributed by atoms with E-state index in [1.807, 2.05) is 42.8 Å². The molecule has 0 atom stereocenters. The van der Waals surface area contributed by atoms with Gasteiger partial charge in [-0.3, -0.25) is 4.79 Å². The lowest BCUT2D eigenvalue weighted by molar-refractivity contribution is 0.0942. The van der Waals surface area contributed by atoms with Crippen LogP contribution in [0, 0.1) is 12.8 Å².